The first kappa shape index (κ1) is 15.6. The molecular weight excluding hydrogens is 328 g/mol. The molecule has 0 fully saturated rings. The maximum Gasteiger partial charge on any atom is 0.230 e. The first-order chi connectivity index (χ1) is 9.89. The van der Waals surface area contributed by atoms with Crippen molar-refractivity contribution >= 4 is 27.5 Å². The minimum Gasteiger partial charge on any atom is -0.399 e. The molecule has 0 radical (unpaired) electrons. The molecule has 0 spiro atoms. The van der Waals surface area contributed by atoms with E-state index in [9.17, 15) is 4.79 Å². The first-order valence-corrected chi connectivity index (χ1v) is 7.57. The van der Waals surface area contributed by atoms with E-state index in [2.05, 4.69) is 21.2 Å². The van der Waals surface area contributed by atoms with Crippen LogP contribution in [0.25, 0.3) is 0 Å². The molecule has 2 aromatic rings. The van der Waals surface area contributed by atoms with Crippen LogP contribution in [0.5, 0.6) is 0 Å². The number of carbonyl (C=O) groups is 1. The van der Waals surface area contributed by atoms with E-state index in [1.54, 1.807) is 0 Å². The number of anilines is 1. The Balaban J connectivity index is 2.06. The van der Waals surface area contributed by atoms with Crippen LogP contribution in [0.15, 0.2) is 53.0 Å². The smallest absolute Gasteiger partial charge is 0.230 e. The highest BCUT2D eigenvalue weighted by Gasteiger charge is 2.29. The number of amides is 1. The molecule has 0 aliphatic rings. The zero-order chi connectivity index (χ0) is 15.5. The summed E-state index contributed by atoms with van der Waals surface area (Å²) in [5.41, 5.74) is 7.80. The van der Waals surface area contributed by atoms with E-state index < -0.39 is 5.41 Å². The lowest BCUT2D eigenvalue weighted by Gasteiger charge is -2.24. The minimum absolute atomic E-state index is 0.00718. The molecule has 0 aliphatic heterocycles. The Hall–Kier alpha value is -1.81. The zero-order valence-electron chi connectivity index (χ0n) is 12.2. The summed E-state index contributed by atoms with van der Waals surface area (Å²) < 4.78 is 1.01. The maximum absolute atomic E-state index is 12.5. The van der Waals surface area contributed by atoms with Crippen LogP contribution in [0.2, 0.25) is 0 Å². The van der Waals surface area contributed by atoms with Gasteiger partial charge in [-0.05, 0) is 49.2 Å². The van der Waals surface area contributed by atoms with Crippen LogP contribution in [-0.2, 0) is 16.8 Å². The number of carbonyl (C=O) groups excluding carboxylic acids is 1. The predicted octanol–water partition coefficient (Wildman–Crippen LogP) is 3.63. The third-order valence-electron chi connectivity index (χ3n) is 3.54. The van der Waals surface area contributed by atoms with Gasteiger partial charge in [0.2, 0.25) is 5.91 Å². The molecule has 2 aromatic carbocycles. The lowest BCUT2D eigenvalue weighted by atomic mass is 9.83. The summed E-state index contributed by atoms with van der Waals surface area (Å²) in [6.07, 6.45) is 0. The monoisotopic (exact) mass is 346 g/mol. The van der Waals surface area contributed by atoms with Crippen molar-refractivity contribution in [2.24, 2.45) is 0 Å². The molecule has 0 heterocycles. The number of halogens is 1. The second-order valence-corrected chi connectivity index (χ2v) is 6.48. The second kappa shape index (κ2) is 6.31. The quantitative estimate of drug-likeness (QED) is 0.830. The molecule has 0 atom stereocenters. The number of nitrogen functional groups attached to an aromatic ring is 1. The molecule has 0 saturated carbocycles. The van der Waals surface area contributed by atoms with Crippen molar-refractivity contribution in [2.75, 3.05) is 5.73 Å². The Labute approximate surface area is 133 Å². The van der Waals surface area contributed by atoms with E-state index in [1.165, 1.54) is 0 Å². The van der Waals surface area contributed by atoms with E-state index >= 15 is 0 Å². The third kappa shape index (κ3) is 3.85. The molecule has 0 aliphatic carbocycles. The van der Waals surface area contributed by atoms with Gasteiger partial charge < -0.3 is 11.1 Å². The second-order valence-electron chi connectivity index (χ2n) is 5.56. The predicted molar refractivity (Wildman–Crippen MR) is 89.9 cm³/mol. The number of hydrogen-bond donors (Lipinski definition) is 2. The summed E-state index contributed by atoms with van der Waals surface area (Å²) in [6, 6.07) is 15.3. The van der Waals surface area contributed by atoms with E-state index in [4.69, 9.17) is 5.73 Å². The standard InChI is InChI=1S/C17H19BrN2O/c1-17(2,13-6-8-15(19)9-7-13)16(21)20-11-12-4-3-5-14(18)10-12/h3-10H,11,19H2,1-2H3,(H,20,21). The summed E-state index contributed by atoms with van der Waals surface area (Å²) in [7, 11) is 0. The highest BCUT2D eigenvalue weighted by Crippen LogP contribution is 2.24. The summed E-state index contributed by atoms with van der Waals surface area (Å²) in [5, 5.41) is 2.99. The first-order valence-electron chi connectivity index (χ1n) is 6.78. The number of nitrogens with one attached hydrogen (secondary N) is 1. The molecular formula is C17H19BrN2O. The van der Waals surface area contributed by atoms with E-state index in [-0.39, 0.29) is 5.91 Å². The van der Waals surface area contributed by atoms with Crippen LogP contribution in [0.3, 0.4) is 0 Å². The van der Waals surface area contributed by atoms with Gasteiger partial charge in [-0.25, -0.2) is 0 Å². The number of benzene rings is 2. The fraction of sp³-hybridized carbons (Fsp3) is 0.235. The van der Waals surface area contributed by atoms with Gasteiger partial charge in [0.25, 0.3) is 0 Å². The fourth-order valence-corrected chi connectivity index (χ4v) is 2.53. The van der Waals surface area contributed by atoms with Crippen LogP contribution in [0.1, 0.15) is 25.0 Å². The molecule has 1 amide bonds. The van der Waals surface area contributed by atoms with Crippen molar-refractivity contribution in [2.45, 2.75) is 25.8 Å². The highest BCUT2D eigenvalue weighted by atomic mass is 79.9. The lowest BCUT2D eigenvalue weighted by Crippen LogP contribution is -2.39. The van der Waals surface area contributed by atoms with Gasteiger partial charge in [-0.1, -0.05) is 40.2 Å². The summed E-state index contributed by atoms with van der Waals surface area (Å²) in [5.74, 6) is -0.00718. The van der Waals surface area contributed by atoms with Gasteiger partial charge in [0.05, 0.1) is 5.41 Å². The van der Waals surface area contributed by atoms with Gasteiger partial charge in [-0.2, -0.15) is 0 Å². The Morgan fingerprint density at radius 2 is 1.86 bits per heavy atom. The zero-order valence-corrected chi connectivity index (χ0v) is 13.8. The van der Waals surface area contributed by atoms with Crippen LogP contribution in [-0.4, -0.2) is 5.91 Å². The molecule has 0 aromatic heterocycles. The molecule has 0 saturated heterocycles. The van der Waals surface area contributed by atoms with Gasteiger partial charge in [-0.15, -0.1) is 0 Å². The number of hydrogen-bond acceptors (Lipinski definition) is 2. The Kier molecular flexibility index (Phi) is 4.68. The van der Waals surface area contributed by atoms with Crippen molar-refractivity contribution in [3.63, 3.8) is 0 Å². The van der Waals surface area contributed by atoms with Crippen LogP contribution in [0.4, 0.5) is 5.69 Å². The Morgan fingerprint density at radius 1 is 1.19 bits per heavy atom. The van der Waals surface area contributed by atoms with Crippen molar-refractivity contribution < 1.29 is 4.79 Å². The minimum atomic E-state index is -0.598. The summed E-state index contributed by atoms with van der Waals surface area (Å²) in [6.45, 7) is 4.33. The van der Waals surface area contributed by atoms with Gasteiger partial charge in [-0.3, -0.25) is 4.79 Å². The largest absolute Gasteiger partial charge is 0.399 e. The number of nitrogens with two attached hydrogens (primary N) is 1. The summed E-state index contributed by atoms with van der Waals surface area (Å²) in [4.78, 5) is 12.5. The van der Waals surface area contributed by atoms with Crippen molar-refractivity contribution in [1.29, 1.82) is 0 Å². The SMILES string of the molecule is CC(C)(C(=O)NCc1cccc(Br)c1)c1ccc(N)cc1. The molecule has 3 N–H and O–H groups in total. The van der Waals surface area contributed by atoms with Crippen molar-refractivity contribution in [3.8, 4) is 0 Å². The van der Waals surface area contributed by atoms with Crippen LogP contribution < -0.4 is 11.1 Å². The molecule has 21 heavy (non-hydrogen) atoms. The van der Waals surface area contributed by atoms with Gasteiger partial charge >= 0.3 is 0 Å². The maximum atomic E-state index is 12.5. The average Bonchev–Trinajstić information content (AvgIpc) is 2.45. The highest BCUT2D eigenvalue weighted by molar-refractivity contribution is 9.10. The van der Waals surface area contributed by atoms with Crippen LogP contribution >= 0.6 is 15.9 Å². The van der Waals surface area contributed by atoms with Gasteiger partial charge in [0.15, 0.2) is 0 Å². The lowest BCUT2D eigenvalue weighted by molar-refractivity contribution is -0.125. The molecule has 0 unspecified atom stereocenters. The molecule has 3 nitrogen and oxygen atoms in total. The fourth-order valence-electron chi connectivity index (χ4n) is 2.08. The molecule has 4 heteroatoms. The molecule has 0 bridgehead atoms. The number of rotatable bonds is 4. The normalized spacial score (nSPS) is 11.2. The summed E-state index contributed by atoms with van der Waals surface area (Å²) >= 11 is 3.43. The molecule has 110 valence electrons. The topological polar surface area (TPSA) is 55.1 Å². The van der Waals surface area contributed by atoms with E-state index in [0.717, 1.165) is 15.6 Å². The van der Waals surface area contributed by atoms with E-state index in [0.29, 0.717) is 12.2 Å². The van der Waals surface area contributed by atoms with Gasteiger partial charge in [0.1, 0.15) is 0 Å². The van der Waals surface area contributed by atoms with Crippen molar-refractivity contribution in [1.82, 2.24) is 5.32 Å². The average molecular weight is 347 g/mol. The molecule has 2 rings (SSSR count). The third-order valence-corrected chi connectivity index (χ3v) is 4.04. The van der Waals surface area contributed by atoms with Gasteiger partial charge in [0, 0.05) is 16.7 Å². The van der Waals surface area contributed by atoms with E-state index in [1.807, 2.05) is 62.4 Å². The Morgan fingerprint density at radius 3 is 2.48 bits per heavy atom. The van der Waals surface area contributed by atoms with Crippen molar-refractivity contribution in [3.05, 3.63) is 64.1 Å². The van der Waals surface area contributed by atoms with Crippen LogP contribution in [0, 0.1) is 0 Å². The Bertz CT molecular complexity index is 635.